The lowest BCUT2D eigenvalue weighted by atomic mass is 10.2. The first-order valence-electron chi connectivity index (χ1n) is 5.88. The van der Waals surface area contributed by atoms with Crippen molar-refractivity contribution in [3.63, 3.8) is 0 Å². The van der Waals surface area contributed by atoms with Gasteiger partial charge in [0.25, 0.3) is 0 Å². The second-order valence-electron chi connectivity index (χ2n) is 4.29. The molecule has 1 aromatic rings. The van der Waals surface area contributed by atoms with Crippen LogP contribution in [0, 0.1) is 0 Å². The lowest BCUT2D eigenvalue weighted by Gasteiger charge is -2.18. The standard InChI is InChI=1S/C12H21N3O2S/c1-13-9-6-10-18(16,17)14-11-7-4-5-8-12(11)15(2)3/h4-5,7-8,13-14H,6,9-10H2,1-3H3. The summed E-state index contributed by atoms with van der Waals surface area (Å²) in [7, 11) is 2.29. The van der Waals surface area contributed by atoms with Gasteiger partial charge in [0.1, 0.15) is 0 Å². The summed E-state index contributed by atoms with van der Waals surface area (Å²) in [5.74, 6) is 0.121. The third-order valence-electron chi connectivity index (χ3n) is 2.49. The van der Waals surface area contributed by atoms with Crippen molar-refractivity contribution in [1.29, 1.82) is 0 Å². The molecule has 0 bridgehead atoms. The Morgan fingerprint density at radius 2 is 1.89 bits per heavy atom. The molecule has 0 saturated heterocycles. The van der Waals surface area contributed by atoms with Crippen LogP contribution in [0.15, 0.2) is 24.3 Å². The Morgan fingerprint density at radius 3 is 2.50 bits per heavy atom. The third kappa shape index (κ3) is 4.54. The van der Waals surface area contributed by atoms with Crippen molar-refractivity contribution in [3.8, 4) is 0 Å². The van der Waals surface area contributed by atoms with E-state index in [9.17, 15) is 8.42 Å². The van der Waals surface area contributed by atoms with Crippen molar-refractivity contribution >= 4 is 21.4 Å². The summed E-state index contributed by atoms with van der Waals surface area (Å²) >= 11 is 0. The Balaban J connectivity index is 2.78. The van der Waals surface area contributed by atoms with Crippen LogP contribution in [0.1, 0.15) is 6.42 Å². The van der Waals surface area contributed by atoms with Gasteiger partial charge < -0.3 is 10.2 Å². The monoisotopic (exact) mass is 271 g/mol. The first kappa shape index (κ1) is 14.8. The number of nitrogens with zero attached hydrogens (tertiary/aromatic N) is 1. The van der Waals surface area contributed by atoms with E-state index in [1.54, 1.807) is 13.1 Å². The van der Waals surface area contributed by atoms with E-state index in [4.69, 9.17) is 0 Å². The smallest absolute Gasteiger partial charge is 0.232 e. The predicted octanol–water partition coefficient (Wildman–Crippen LogP) is 1.10. The molecule has 1 aromatic carbocycles. The Kier molecular flexibility index (Phi) is 5.43. The van der Waals surface area contributed by atoms with Crippen LogP contribution in [0.3, 0.4) is 0 Å². The Hall–Kier alpha value is -1.27. The summed E-state index contributed by atoms with van der Waals surface area (Å²) < 4.78 is 26.4. The highest BCUT2D eigenvalue weighted by Crippen LogP contribution is 2.24. The van der Waals surface area contributed by atoms with Gasteiger partial charge in [-0.2, -0.15) is 0 Å². The zero-order valence-electron chi connectivity index (χ0n) is 11.1. The summed E-state index contributed by atoms with van der Waals surface area (Å²) in [5, 5.41) is 2.93. The van der Waals surface area contributed by atoms with Crippen LogP contribution < -0.4 is 14.9 Å². The van der Waals surface area contributed by atoms with Crippen molar-refractivity contribution in [3.05, 3.63) is 24.3 Å². The number of hydrogen-bond donors (Lipinski definition) is 2. The molecule has 0 aromatic heterocycles. The number of benzene rings is 1. The van der Waals surface area contributed by atoms with Crippen molar-refractivity contribution in [2.75, 3.05) is 43.1 Å². The quantitative estimate of drug-likeness (QED) is 0.729. The molecule has 0 saturated carbocycles. The molecular formula is C12H21N3O2S. The fourth-order valence-corrected chi connectivity index (χ4v) is 2.74. The van der Waals surface area contributed by atoms with Crippen LogP contribution >= 0.6 is 0 Å². The van der Waals surface area contributed by atoms with Gasteiger partial charge in [-0.25, -0.2) is 8.42 Å². The van der Waals surface area contributed by atoms with E-state index in [1.165, 1.54) is 0 Å². The largest absolute Gasteiger partial charge is 0.376 e. The van der Waals surface area contributed by atoms with Gasteiger partial charge in [-0.3, -0.25) is 4.72 Å². The van der Waals surface area contributed by atoms with Gasteiger partial charge in [0.2, 0.25) is 10.0 Å². The number of para-hydroxylation sites is 2. The fourth-order valence-electron chi connectivity index (χ4n) is 1.61. The molecule has 0 spiro atoms. The molecule has 0 heterocycles. The normalized spacial score (nSPS) is 11.3. The predicted molar refractivity (Wildman–Crippen MR) is 76.7 cm³/mol. The molecule has 0 aliphatic carbocycles. The molecule has 0 radical (unpaired) electrons. The molecule has 0 fully saturated rings. The molecule has 0 aliphatic heterocycles. The summed E-state index contributed by atoms with van der Waals surface area (Å²) in [6.45, 7) is 0.691. The molecule has 0 unspecified atom stereocenters. The summed E-state index contributed by atoms with van der Waals surface area (Å²) in [6.07, 6.45) is 0.593. The van der Waals surface area contributed by atoms with Crippen LogP contribution in [0.4, 0.5) is 11.4 Å². The fraction of sp³-hybridized carbons (Fsp3) is 0.500. The van der Waals surface area contributed by atoms with Crippen LogP contribution in [0.5, 0.6) is 0 Å². The number of hydrogen-bond acceptors (Lipinski definition) is 4. The SMILES string of the molecule is CNCCCS(=O)(=O)Nc1ccccc1N(C)C. The first-order chi connectivity index (χ1) is 8.46. The number of nitrogens with one attached hydrogen (secondary N) is 2. The molecular weight excluding hydrogens is 250 g/mol. The molecule has 0 atom stereocenters. The van der Waals surface area contributed by atoms with Crippen molar-refractivity contribution in [2.45, 2.75) is 6.42 Å². The molecule has 0 aliphatic rings. The molecule has 1 rings (SSSR count). The van der Waals surface area contributed by atoms with E-state index in [-0.39, 0.29) is 5.75 Å². The van der Waals surface area contributed by atoms with Gasteiger partial charge in [0, 0.05) is 14.1 Å². The van der Waals surface area contributed by atoms with Crippen molar-refractivity contribution in [1.82, 2.24) is 5.32 Å². The topological polar surface area (TPSA) is 61.4 Å². The highest BCUT2D eigenvalue weighted by atomic mass is 32.2. The van der Waals surface area contributed by atoms with Crippen molar-refractivity contribution in [2.24, 2.45) is 0 Å². The zero-order valence-corrected chi connectivity index (χ0v) is 11.9. The second-order valence-corrected chi connectivity index (χ2v) is 6.13. The van der Waals surface area contributed by atoms with Crippen LogP contribution in [0.2, 0.25) is 0 Å². The van der Waals surface area contributed by atoms with Crippen molar-refractivity contribution < 1.29 is 8.42 Å². The molecule has 6 heteroatoms. The lowest BCUT2D eigenvalue weighted by Crippen LogP contribution is -2.21. The highest BCUT2D eigenvalue weighted by molar-refractivity contribution is 7.92. The maximum atomic E-state index is 11.9. The van der Waals surface area contributed by atoms with Gasteiger partial charge in [0.05, 0.1) is 17.1 Å². The van der Waals surface area contributed by atoms with E-state index >= 15 is 0 Å². The molecule has 2 N–H and O–H groups in total. The van der Waals surface area contributed by atoms with Crippen LogP contribution in [-0.2, 0) is 10.0 Å². The Labute approximate surface area is 109 Å². The van der Waals surface area contributed by atoms with E-state index in [2.05, 4.69) is 10.0 Å². The number of sulfonamides is 1. The van der Waals surface area contributed by atoms with Gasteiger partial charge in [-0.15, -0.1) is 0 Å². The summed E-state index contributed by atoms with van der Waals surface area (Å²) in [5.41, 5.74) is 1.47. The number of anilines is 2. The Morgan fingerprint density at radius 1 is 1.22 bits per heavy atom. The Bertz CT molecular complexity index is 472. The zero-order chi connectivity index (χ0) is 13.6. The summed E-state index contributed by atoms with van der Waals surface area (Å²) in [6, 6.07) is 7.35. The van der Waals surface area contributed by atoms with Gasteiger partial charge in [0.15, 0.2) is 0 Å². The maximum Gasteiger partial charge on any atom is 0.232 e. The van der Waals surface area contributed by atoms with Gasteiger partial charge in [-0.1, -0.05) is 12.1 Å². The average Bonchev–Trinajstić information content (AvgIpc) is 2.29. The number of rotatable bonds is 7. The maximum absolute atomic E-state index is 11.9. The average molecular weight is 271 g/mol. The van der Waals surface area contributed by atoms with E-state index in [0.29, 0.717) is 18.7 Å². The van der Waals surface area contributed by atoms with E-state index in [0.717, 1.165) is 5.69 Å². The first-order valence-corrected chi connectivity index (χ1v) is 7.53. The van der Waals surface area contributed by atoms with Crippen LogP contribution in [0.25, 0.3) is 0 Å². The second kappa shape index (κ2) is 6.61. The highest BCUT2D eigenvalue weighted by Gasteiger charge is 2.12. The minimum atomic E-state index is -3.28. The minimum Gasteiger partial charge on any atom is -0.376 e. The summed E-state index contributed by atoms with van der Waals surface area (Å²) in [4.78, 5) is 1.88. The lowest BCUT2D eigenvalue weighted by molar-refractivity contribution is 0.597. The van der Waals surface area contributed by atoms with Crippen LogP contribution in [-0.4, -0.2) is 41.9 Å². The van der Waals surface area contributed by atoms with Gasteiger partial charge in [-0.05, 0) is 32.1 Å². The molecule has 18 heavy (non-hydrogen) atoms. The molecule has 5 nitrogen and oxygen atoms in total. The van der Waals surface area contributed by atoms with E-state index < -0.39 is 10.0 Å². The minimum absolute atomic E-state index is 0.121. The molecule has 102 valence electrons. The van der Waals surface area contributed by atoms with E-state index in [1.807, 2.05) is 37.2 Å². The van der Waals surface area contributed by atoms with Gasteiger partial charge >= 0.3 is 0 Å². The third-order valence-corrected chi connectivity index (χ3v) is 3.85. The molecule has 0 amide bonds.